The number of nitrogens with zero attached hydrogens (tertiary/aromatic N) is 1. The molecule has 0 atom stereocenters. The third-order valence-electron chi connectivity index (χ3n) is 2.27. The van der Waals surface area contributed by atoms with Gasteiger partial charge in [-0.25, -0.2) is 0 Å². The van der Waals surface area contributed by atoms with E-state index in [4.69, 9.17) is 4.74 Å². The van der Waals surface area contributed by atoms with Crippen molar-refractivity contribution in [3.63, 3.8) is 0 Å². The van der Waals surface area contributed by atoms with Crippen LogP contribution in [0.3, 0.4) is 0 Å². The van der Waals surface area contributed by atoms with Gasteiger partial charge in [-0.3, -0.25) is 14.9 Å². The predicted molar refractivity (Wildman–Crippen MR) is 62.9 cm³/mol. The highest BCUT2D eigenvalue weighted by molar-refractivity contribution is 5.73. The molecule has 0 saturated heterocycles. The molecule has 0 fully saturated rings. The Morgan fingerprint density at radius 2 is 2.06 bits per heavy atom. The Bertz CT molecular complexity index is 403. The Labute approximate surface area is 99.5 Å². The van der Waals surface area contributed by atoms with Crippen LogP contribution in [-0.2, 0) is 4.79 Å². The number of hydrogen-bond acceptors (Lipinski definition) is 4. The van der Waals surface area contributed by atoms with Gasteiger partial charge in [0, 0.05) is 12.5 Å². The molecular weight excluding hydrogens is 222 g/mol. The second kappa shape index (κ2) is 6.62. The molecule has 17 heavy (non-hydrogen) atoms. The number of ether oxygens (including phenoxy) is 1. The second-order valence-corrected chi connectivity index (χ2v) is 3.66. The molecule has 5 nitrogen and oxygen atoms in total. The molecule has 0 bridgehead atoms. The maximum atomic E-state index is 11.4. The van der Waals surface area contributed by atoms with Crippen molar-refractivity contribution in [2.45, 2.75) is 32.6 Å². The Kier molecular flexibility index (Phi) is 5.13. The average Bonchev–Trinajstić information content (AvgIpc) is 2.29. The Morgan fingerprint density at radius 1 is 1.35 bits per heavy atom. The summed E-state index contributed by atoms with van der Waals surface area (Å²) in [5.41, 5.74) is -0.184. The van der Waals surface area contributed by atoms with Gasteiger partial charge in [0.1, 0.15) is 0 Å². The predicted octanol–water partition coefficient (Wildman–Crippen LogP) is 3.08. The molecule has 0 aromatic heterocycles. The van der Waals surface area contributed by atoms with E-state index in [0.29, 0.717) is 6.42 Å². The summed E-state index contributed by atoms with van der Waals surface area (Å²) in [6, 6.07) is 5.87. The number of para-hydroxylation sites is 2. The number of nitro benzene ring substituents is 1. The highest BCUT2D eigenvalue weighted by Crippen LogP contribution is 2.26. The Hall–Kier alpha value is -1.91. The van der Waals surface area contributed by atoms with Crippen LogP contribution in [0.4, 0.5) is 5.69 Å². The van der Waals surface area contributed by atoms with Crippen LogP contribution >= 0.6 is 0 Å². The van der Waals surface area contributed by atoms with Crippen molar-refractivity contribution < 1.29 is 14.5 Å². The van der Waals surface area contributed by atoms with E-state index in [1.165, 1.54) is 18.2 Å². The zero-order valence-electron chi connectivity index (χ0n) is 9.72. The molecule has 5 heteroatoms. The van der Waals surface area contributed by atoms with Crippen molar-refractivity contribution in [3.05, 3.63) is 34.4 Å². The van der Waals surface area contributed by atoms with Gasteiger partial charge in [-0.2, -0.15) is 0 Å². The van der Waals surface area contributed by atoms with Gasteiger partial charge in [0.15, 0.2) is 0 Å². The number of unbranched alkanes of at least 4 members (excludes halogenated alkanes) is 2. The summed E-state index contributed by atoms with van der Waals surface area (Å²) in [5.74, 6) is -0.410. The Balaban J connectivity index is 2.61. The lowest BCUT2D eigenvalue weighted by molar-refractivity contribution is -0.385. The van der Waals surface area contributed by atoms with Gasteiger partial charge in [-0.15, -0.1) is 0 Å². The molecule has 92 valence electrons. The smallest absolute Gasteiger partial charge is 0.311 e. The quantitative estimate of drug-likeness (QED) is 0.250. The molecule has 0 aliphatic heterocycles. The van der Waals surface area contributed by atoms with Crippen LogP contribution in [0, 0.1) is 10.1 Å². The molecule has 0 N–H and O–H groups in total. The molecule has 0 amide bonds. The number of carbonyl (C=O) groups is 1. The van der Waals surface area contributed by atoms with Crippen molar-refractivity contribution in [1.82, 2.24) is 0 Å². The van der Waals surface area contributed by atoms with Gasteiger partial charge >= 0.3 is 11.7 Å². The van der Waals surface area contributed by atoms with Gasteiger partial charge in [0.25, 0.3) is 0 Å². The van der Waals surface area contributed by atoms with Gasteiger partial charge in [0.2, 0.25) is 5.75 Å². The van der Waals surface area contributed by atoms with E-state index in [0.717, 1.165) is 19.3 Å². The summed E-state index contributed by atoms with van der Waals surface area (Å²) in [5, 5.41) is 10.7. The number of benzene rings is 1. The van der Waals surface area contributed by atoms with Gasteiger partial charge in [0.05, 0.1) is 4.92 Å². The molecule has 0 heterocycles. The standard InChI is InChI=1S/C12H15NO4/c1-2-3-4-9-12(14)17-11-8-6-5-7-10(11)13(15)16/h5-8H,2-4,9H2,1H3. The summed E-state index contributed by atoms with van der Waals surface area (Å²) >= 11 is 0. The minimum Gasteiger partial charge on any atom is -0.419 e. The van der Waals surface area contributed by atoms with Crippen LogP contribution < -0.4 is 4.74 Å². The van der Waals surface area contributed by atoms with Crippen molar-refractivity contribution in [2.24, 2.45) is 0 Å². The lowest BCUT2D eigenvalue weighted by Gasteiger charge is -2.04. The normalized spacial score (nSPS) is 9.94. The summed E-state index contributed by atoms with van der Waals surface area (Å²) < 4.78 is 4.97. The van der Waals surface area contributed by atoms with Crippen molar-refractivity contribution in [3.8, 4) is 5.75 Å². The van der Waals surface area contributed by atoms with Crippen LogP contribution in [0.5, 0.6) is 5.75 Å². The molecule has 0 unspecified atom stereocenters. The highest BCUT2D eigenvalue weighted by Gasteiger charge is 2.16. The minimum absolute atomic E-state index is 0.0130. The fraction of sp³-hybridized carbons (Fsp3) is 0.417. The molecule has 0 spiro atoms. The van der Waals surface area contributed by atoms with E-state index >= 15 is 0 Å². The van der Waals surface area contributed by atoms with Gasteiger partial charge in [-0.05, 0) is 12.5 Å². The van der Waals surface area contributed by atoms with Crippen molar-refractivity contribution >= 4 is 11.7 Å². The highest BCUT2D eigenvalue weighted by atomic mass is 16.6. The van der Waals surface area contributed by atoms with Gasteiger partial charge < -0.3 is 4.74 Å². The third-order valence-corrected chi connectivity index (χ3v) is 2.27. The third kappa shape index (κ3) is 4.22. The molecular formula is C12H15NO4. The van der Waals surface area contributed by atoms with Crippen molar-refractivity contribution in [1.29, 1.82) is 0 Å². The first-order chi connectivity index (χ1) is 8.15. The van der Waals surface area contributed by atoms with Crippen LogP contribution in [0.25, 0.3) is 0 Å². The molecule has 1 aromatic carbocycles. The fourth-order valence-electron chi connectivity index (χ4n) is 1.39. The van der Waals surface area contributed by atoms with E-state index in [1.54, 1.807) is 6.07 Å². The molecule has 1 rings (SSSR count). The largest absolute Gasteiger partial charge is 0.419 e. The maximum absolute atomic E-state index is 11.4. The first-order valence-corrected chi connectivity index (χ1v) is 5.59. The van der Waals surface area contributed by atoms with E-state index in [-0.39, 0.29) is 11.4 Å². The lowest BCUT2D eigenvalue weighted by Crippen LogP contribution is -2.08. The second-order valence-electron chi connectivity index (χ2n) is 3.66. The zero-order chi connectivity index (χ0) is 12.7. The first-order valence-electron chi connectivity index (χ1n) is 5.59. The number of nitro groups is 1. The maximum Gasteiger partial charge on any atom is 0.311 e. The van der Waals surface area contributed by atoms with Crippen LogP contribution in [0.2, 0.25) is 0 Å². The number of esters is 1. The topological polar surface area (TPSA) is 69.4 Å². The zero-order valence-corrected chi connectivity index (χ0v) is 9.72. The SMILES string of the molecule is CCCCCC(=O)Oc1ccccc1[N+](=O)[O-]. The van der Waals surface area contributed by atoms with Crippen LogP contribution in [0.15, 0.2) is 24.3 Å². The van der Waals surface area contributed by atoms with E-state index in [1.807, 2.05) is 6.92 Å². The summed E-state index contributed by atoms with van der Waals surface area (Å²) in [4.78, 5) is 21.5. The molecule has 1 aromatic rings. The lowest BCUT2D eigenvalue weighted by atomic mass is 10.2. The van der Waals surface area contributed by atoms with Crippen LogP contribution in [0.1, 0.15) is 32.6 Å². The molecule has 0 saturated carbocycles. The van der Waals surface area contributed by atoms with Crippen LogP contribution in [-0.4, -0.2) is 10.9 Å². The molecule has 0 radical (unpaired) electrons. The van der Waals surface area contributed by atoms with E-state index in [2.05, 4.69) is 0 Å². The number of hydrogen-bond donors (Lipinski definition) is 0. The number of carbonyl (C=O) groups excluding carboxylic acids is 1. The van der Waals surface area contributed by atoms with Gasteiger partial charge in [-0.1, -0.05) is 31.9 Å². The fourth-order valence-corrected chi connectivity index (χ4v) is 1.39. The molecule has 0 aliphatic carbocycles. The molecule has 0 aliphatic rings. The Morgan fingerprint density at radius 3 is 2.71 bits per heavy atom. The number of rotatable bonds is 6. The summed E-state index contributed by atoms with van der Waals surface area (Å²) in [6.07, 6.45) is 3.00. The summed E-state index contributed by atoms with van der Waals surface area (Å²) in [6.45, 7) is 2.04. The van der Waals surface area contributed by atoms with E-state index in [9.17, 15) is 14.9 Å². The van der Waals surface area contributed by atoms with E-state index < -0.39 is 10.9 Å². The monoisotopic (exact) mass is 237 g/mol. The summed E-state index contributed by atoms with van der Waals surface area (Å²) in [7, 11) is 0. The van der Waals surface area contributed by atoms with Crippen molar-refractivity contribution in [2.75, 3.05) is 0 Å². The first kappa shape index (κ1) is 13.2. The minimum atomic E-state index is -0.561. The average molecular weight is 237 g/mol.